The normalized spacial score (nSPS) is 23.2. The molecular weight excluding hydrogens is 512 g/mol. The molecule has 2 amide bonds. The van der Waals surface area contributed by atoms with Gasteiger partial charge in [-0.2, -0.15) is 0 Å². The first-order chi connectivity index (χ1) is 19.8. The zero-order valence-corrected chi connectivity index (χ0v) is 24.5. The molecule has 1 aromatic rings. The van der Waals surface area contributed by atoms with Gasteiger partial charge in [0.1, 0.15) is 12.6 Å². The number of piperazine rings is 1. The molecule has 0 bridgehead atoms. The number of thiophene rings is 1. The van der Waals surface area contributed by atoms with Gasteiger partial charge in [-0.15, -0.1) is 11.3 Å². The average molecular weight is 563 g/mol. The van der Waals surface area contributed by atoms with E-state index in [1.165, 1.54) is 19.3 Å². The van der Waals surface area contributed by atoms with E-state index in [2.05, 4.69) is 10.6 Å². The van der Waals surface area contributed by atoms with Crippen LogP contribution in [0.5, 0.6) is 0 Å². The Labute approximate surface area is 241 Å². The van der Waals surface area contributed by atoms with Gasteiger partial charge in [0.2, 0.25) is 11.8 Å². The maximum absolute atomic E-state index is 14.2. The summed E-state index contributed by atoms with van der Waals surface area (Å²) in [5.41, 5.74) is -0.302. The lowest BCUT2D eigenvalue weighted by Crippen LogP contribution is -2.64. The topological polar surface area (TPSA) is 89.5 Å². The van der Waals surface area contributed by atoms with E-state index in [0.717, 1.165) is 30.6 Å². The first kappa shape index (κ1) is 27.0. The van der Waals surface area contributed by atoms with E-state index in [0.29, 0.717) is 57.8 Å². The molecule has 1 aliphatic carbocycles. The highest BCUT2D eigenvalue weighted by Crippen LogP contribution is 2.23. The molecule has 218 valence electrons. The average Bonchev–Trinajstić information content (AvgIpc) is 3.64. The van der Waals surface area contributed by atoms with Crippen molar-refractivity contribution in [2.75, 3.05) is 46.8 Å². The lowest BCUT2D eigenvalue weighted by atomic mass is 9.94. The Morgan fingerprint density at radius 3 is 2.77 bits per heavy atom. The minimum absolute atomic E-state index is 0.0149. The number of amidine groups is 1. The fourth-order valence-electron chi connectivity index (χ4n) is 5.59. The van der Waals surface area contributed by atoms with Gasteiger partial charge in [-0.3, -0.25) is 9.59 Å². The highest BCUT2D eigenvalue weighted by molar-refractivity contribution is 7.09. The Balaban J connectivity index is 1.47. The van der Waals surface area contributed by atoms with E-state index >= 15 is 0 Å². The van der Waals surface area contributed by atoms with Crippen LogP contribution in [0.3, 0.4) is 0 Å². The van der Waals surface area contributed by atoms with Crippen LogP contribution in [0.2, 0.25) is 0 Å². The molecule has 1 aromatic heterocycles. The van der Waals surface area contributed by atoms with Gasteiger partial charge in [-0.25, -0.2) is 4.99 Å². The van der Waals surface area contributed by atoms with Crippen molar-refractivity contribution in [3.8, 4) is 0 Å². The fourth-order valence-corrected chi connectivity index (χ4v) is 6.24. The van der Waals surface area contributed by atoms with Crippen LogP contribution in [-0.4, -0.2) is 103 Å². The van der Waals surface area contributed by atoms with Gasteiger partial charge in [0, 0.05) is 26.8 Å². The monoisotopic (exact) mass is 562 g/mol. The Morgan fingerprint density at radius 2 is 2.08 bits per heavy atom. The van der Waals surface area contributed by atoms with E-state index in [9.17, 15) is 9.59 Å². The van der Waals surface area contributed by atoms with Crippen molar-refractivity contribution in [3.63, 3.8) is 0 Å². The summed E-state index contributed by atoms with van der Waals surface area (Å²) in [5, 5.41) is 8.75. The highest BCUT2D eigenvalue weighted by Gasteiger charge is 2.41. The van der Waals surface area contributed by atoms with Crippen molar-refractivity contribution in [3.05, 3.63) is 22.4 Å². The standard InChI is InChI=1S/C29H48N6O3S/c1-29(2)21-38-28(32-29)34-16-17-35(25(20-34)26(36)30-19-23-13-10-18-39-23)27(37)24(14-8-9-15-33(3)4)31-22-11-6-5-7-12-22/h10,13,18,22,24-25,31H,5-9,11-12,14-17,19-21H2,1-4H3,(H,30,36)/t24-,25-/m0/s1/i3D,4D. The summed E-state index contributed by atoms with van der Waals surface area (Å²) in [6, 6.07) is 3.82. The third-order valence-corrected chi connectivity index (χ3v) is 8.64. The van der Waals surface area contributed by atoms with Crippen LogP contribution < -0.4 is 10.6 Å². The number of carbonyl (C=O) groups excluding carboxylic acids is 2. The van der Waals surface area contributed by atoms with Gasteiger partial charge in [0.25, 0.3) is 6.02 Å². The number of nitrogens with one attached hydrogen (secondary N) is 2. The largest absolute Gasteiger partial charge is 0.463 e. The highest BCUT2D eigenvalue weighted by atomic mass is 32.1. The number of carbonyl (C=O) groups is 2. The van der Waals surface area contributed by atoms with Crippen LogP contribution in [0.15, 0.2) is 22.5 Å². The molecule has 9 nitrogen and oxygen atoms in total. The zero-order chi connectivity index (χ0) is 29.2. The predicted octanol–water partition coefficient (Wildman–Crippen LogP) is 3.06. The van der Waals surface area contributed by atoms with E-state index < -0.39 is 6.04 Å². The first-order valence-electron chi connectivity index (χ1n) is 15.9. The van der Waals surface area contributed by atoms with Gasteiger partial charge in [0.05, 0.1) is 24.7 Å². The van der Waals surface area contributed by atoms with Gasteiger partial charge < -0.3 is 30.1 Å². The molecule has 2 fully saturated rings. The molecule has 2 N–H and O–H groups in total. The fraction of sp³-hybridized carbons (Fsp3) is 0.759. The summed E-state index contributed by atoms with van der Waals surface area (Å²) < 4.78 is 21.0. The Bertz CT molecular complexity index is 1000. The molecule has 0 aromatic carbocycles. The van der Waals surface area contributed by atoms with E-state index in [1.807, 2.05) is 36.3 Å². The third kappa shape index (κ3) is 8.66. The Kier molecular flexibility index (Phi) is 9.66. The lowest BCUT2D eigenvalue weighted by Gasteiger charge is -2.42. The summed E-state index contributed by atoms with van der Waals surface area (Å²) in [6.07, 6.45) is 8.05. The van der Waals surface area contributed by atoms with Crippen molar-refractivity contribution < 1.29 is 17.1 Å². The number of amides is 2. The first-order valence-corrected chi connectivity index (χ1v) is 15.3. The molecule has 4 rings (SSSR count). The van der Waals surface area contributed by atoms with Crippen molar-refractivity contribution in [2.24, 2.45) is 4.99 Å². The zero-order valence-electron chi connectivity index (χ0n) is 25.7. The summed E-state index contributed by atoms with van der Waals surface area (Å²) in [6.45, 7) is 7.01. The van der Waals surface area contributed by atoms with Crippen molar-refractivity contribution >= 4 is 29.2 Å². The molecule has 1 saturated heterocycles. The molecule has 2 aliphatic heterocycles. The quantitative estimate of drug-likeness (QED) is 0.403. The minimum Gasteiger partial charge on any atom is -0.463 e. The molecule has 0 unspecified atom stereocenters. The maximum Gasteiger partial charge on any atom is 0.288 e. The van der Waals surface area contributed by atoms with Crippen molar-refractivity contribution in [1.82, 2.24) is 25.3 Å². The molecule has 0 radical (unpaired) electrons. The summed E-state index contributed by atoms with van der Waals surface area (Å²) in [4.78, 5) is 39.2. The number of unbranched alkanes of at least 4 members (excludes halogenated alkanes) is 1. The van der Waals surface area contributed by atoms with Crippen LogP contribution in [0, 0.1) is 0 Å². The molecule has 3 heterocycles. The van der Waals surface area contributed by atoms with Gasteiger partial charge >= 0.3 is 0 Å². The Morgan fingerprint density at radius 1 is 1.26 bits per heavy atom. The van der Waals surface area contributed by atoms with Crippen molar-refractivity contribution in [2.45, 2.75) is 95.4 Å². The van der Waals surface area contributed by atoms with Gasteiger partial charge in [-0.1, -0.05) is 31.7 Å². The number of aliphatic imine (C=N–C) groups is 1. The Hall–Kier alpha value is -2.17. The van der Waals surface area contributed by atoms with Crippen LogP contribution >= 0.6 is 11.3 Å². The molecule has 2 atom stereocenters. The van der Waals surface area contributed by atoms with Crippen LogP contribution in [0.1, 0.15) is 72.8 Å². The van der Waals surface area contributed by atoms with Crippen molar-refractivity contribution in [1.29, 1.82) is 0 Å². The molecule has 0 spiro atoms. The van der Waals surface area contributed by atoms with Gasteiger partial charge in [0.15, 0.2) is 0 Å². The van der Waals surface area contributed by atoms with E-state index in [1.54, 1.807) is 21.1 Å². The summed E-state index contributed by atoms with van der Waals surface area (Å²) >= 11 is 1.60. The lowest BCUT2D eigenvalue weighted by molar-refractivity contribution is -0.145. The molecule has 3 aliphatic rings. The minimum atomic E-state index is -0.649. The van der Waals surface area contributed by atoms with Crippen LogP contribution in [-0.2, 0) is 20.9 Å². The maximum atomic E-state index is 14.2. The second-order valence-electron chi connectivity index (χ2n) is 11.7. The smallest absolute Gasteiger partial charge is 0.288 e. The van der Waals surface area contributed by atoms with Crippen LogP contribution in [0.25, 0.3) is 0 Å². The number of rotatable bonds is 11. The second kappa shape index (κ2) is 13.9. The number of hydrogen-bond donors (Lipinski definition) is 2. The third-order valence-electron chi connectivity index (χ3n) is 7.76. The van der Waals surface area contributed by atoms with Crippen LogP contribution in [0.4, 0.5) is 0 Å². The SMILES string of the molecule is [2H]CN(C[2H])CCCC[C@H](NC1CCCCC1)C(=O)N1CCN(C2=NC(C)(C)CO2)C[C@H]1C(=O)NCc1cccs1. The van der Waals surface area contributed by atoms with E-state index in [-0.39, 0.29) is 37.4 Å². The molecule has 1 saturated carbocycles. The van der Waals surface area contributed by atoms with E-state index in [4.69, 9.17) is 12.5 Å². The predicted molar refractivity (Wildman–Crippen MR) is 157 cm³/mol. The summed E-state index contributed by atoms with van der Waals surface area (Å²) in [5.74, 6) is -0.175. The molecular formula is C29H48N6O3S. The molecule has 10 heteroatoms. The second-order valence-corrected chi connectivity index (χ2v) is 12.8. The van der Waals surface area contributed by atoms with Gasteiger partial charge in [-0.05, 0) is 71.6 Å². The number of ether oxygens (including phenoxy) is 1. The molecule has 39 heavy (non-hydrogen) atoms. The number of nitrogens with zero attached hydrogens (tertiary/aromatic N) is 4. The summed E-state index contributed by atoms with van der Waals surface area (Å²) in [7, 11) is 0.232. The number of hydrogen-bond acceptors (Lipinski definition) is 8.